The van der Waals surface area contributed by atoms with E-state index >= 15 is 0 Å². The van der Waals surface area contributed by atoms with Gasteiger partial charge in [0.2, 0.25) is 0 Å². The van der Waals surface area contributed by atoms with Gasteiger partial charge in [-0.25, -0.2) is 0 Å². The molecule has 1 N–H and O–H groups in total. The van der Waals surface area contributed by atoms with Crippen molar-refractivity contribution in [2.45, 2.75) is 25.9 Å². The summed E-state index contributed by atoms with van der Waals surface area (Å²) in [5.74, 6) is 1.72. The lowest BCUT2D eigenvalue weighted by molar-refractivity contribution is 0.0342. The summed E-state index contributed by atoms with van der Waals surface area (Å²) in [5, 5.41) is 3.44. The van der Waals surface area contributed by atoms with Gasteiger partial charge in [-0.2, -0.15) is 0 Å². The number of benzene rings is 1. The van der Waals surface area contributed by atoms with Gasteiger partial charge in [-0.3, -0.25) is 9.89 Å². The Morgan fingerprint density at radius 3 is 2.54 bits per heavy atom. The highest BCUT2D eigenvalue weighted by Gasteiger charge is 2.21. The summed E-state index contributed by atoms with van der Waals surface area (Å²) in [7, 11) is 3.89. The molecule has 1 aliphatic heterocycles. The molecule has 1 saturated carbocycles. The minimum atomic E-state index is 0. The number of nitrogens with one attached hydrogen (secondary N) is 1. The van der Waals surface area contributed by atoms with E-state index in [2.05, 4.69) is 51.4 Å². The smallest absolute Gasteiger partial charge is 0.193 e. The number of hydrogen-bond acceptors (Lipinski definition) is 4. The van der Waals surface area contributed by atoms with E-state index in [0.29, 0.717) is 0 Å². The number of rotatable bonds is 9. The van der Waals surface area contributed by atoms with Crippen molar-refractivity contribution in [3.63, 3.8) is 0 Å². The van der Waals surface area contributed by atoms with Crippen LogP contribution in [-0.2, 0) is 22.6 Å². The molecule has 0 amide bonds. The van der Waals surface area contributed by atoms with Crippen molar-refractivity contribution < 1.29 is 9.47 Å². The third-order valence-electron chi connectivity index (χ3n) is 5.18. The minimum absolute atomic E-state index is 0. The topological polar surface area (TPSA) is 49.3 Å². The summed E-state index contributed by atoms with van der Waals surface area (Å²) in [6.07, 6.45) is 2.68. The quantitative estimate of drug-likeness (QED) is 0.244. The fourth-order valence-corrected chi connectivity index (χ4v) is 3.19. The van der Waals surface area contributed by atoms with Crippen LogP contribution in [0.1, 0.15) is 24.0 Å². The molecule has 1 saturated heterocycles. The SMILES string of the molecule is CN=C(NCc1ccc(CN2CCOCC2)cc1)N(C)CCOCC1CC1.I. The zero-order valence-electron chi connectivity index (χ0n) is 17.2. The summed E-state index contributed by atoms with van der Waals surface area (Å²) in [6.45, 7) is 8.04. The standard InChI is InChI=1S/C21H34N4O2.HI/c1-22-21(24(2)9-12-27-17-20-7-8-20)23-15-18-3-5-19(6-4-18)16-25-10-13-26-14-11-25;/h3-6,20H,7-17H2,1-2H3,(H,22,23);1H. The second kappa shape index (κ2) is 12.6. The number of morpholine rings is 1. The number of likely N-dealkylation sites (N-methyl/N-ethyl adjacent to an activating group) is 1. The monoisotopic (exact) mass is 502 g/mol. The van der Waals surface area contributed by atoms with Crippen molar-refractivity contribution in [1.29, 1.82) is 0 Å². The molecule has 1 aliphatic carbocycles. The Kier molecular flexibility index (Phi) is 10.5. The van der Waals surface area contributed by atoms with Gasteiger partial charge in [0.15, 0.2) is 5.96 Å². The largest absolute Gasteiger partial charge is 0.379 e. The van der Waals surface area contributed by atoms with Gasteiger partial charge in [-0.15, -0.1) is 24.0 Å². The summed E-state index contributed by atoms with van der Waals surface area (Å²) >= 11 is 0. The number of hydrogen-bond donors (Lipinski definition) is 1. The highest BCUT2D eigenvalue weighted by Crippen LogP contribution is 2.28. The van der Waals surface area contributed by atoms with E-state index in [4.69, 9.17) is 9.47 Å². The van der Waals surface area contributed by atoms with E-state index in [1.54, 1.807) is 0 Å². The lowest BCUT2D eigenvalue weighted by Crippen LogP contribution is -2.40. The van der Waals surface area contributed by atoms with Crippen molar-refractivity contribution in [3.05, 3.63) is 35.4 Å². The average molecular weight is 502 g/mol. The molecule has 7 heteroatoms. The molecule has 3 rings (SSSR count). The van der Waals surface area contributed by atoms with Gasteiger partial charge in [0.25, 0.3) is 0 Å². The van der Waals surface area contributed by atoms with Crippen molar-refractivity contribution in [1.82, 2.24) is 15.1 Å². The fourth-order valence-electron chi connectivity index (χ4n) is 3.19. The average Bonchev–Trinajstić information content (AvgIpc) is 3.52. The van der Waals surface area contributed by atoms with E-state index in [9.17, 15) is 0 Å². The van der Waals surface area contributed by atoms with Crippen LogP contribution in [0.25, 0.3) is 0 Å². The summed E-state index contributed by atoms with van der Waals surface area (Å²) < 4.78 is 11.1. The zero-order chi connectivity index (χ0) is 18.9. The van der Waals surface area contributed by atoms with Crippen LogP contribution < -0.4 is 5.32 Å². The molecular weight excluding hydrogens is 467 g/mol. The minimum Gasteiger partial charge on any atom is -0.379 e. The normalized spacial score (nSPS) is 17.9. The van der Waals surface area contributed by atoms with Crippen LogP contribution in [0.2, 0.25) is 0 Å². The second-order valence-corrected chi connectivity index (χ2v) is 7.55. The number of ether oxygens (including phenoxy) is 2. The molecule has 1 aromatic carbocycles. The second-order valence-electron chi connectivity index (χ2n) is 7.55. The van der Waals surface area contributed by atoms with Gasteiger partial charge in [-0.1, -0.05) is 24.3 Å². The number of aliphatic imine (C=N–C) groups is 1. The van der Waals surface area contributed by atoms with Crippen LogP contribution in [0, 0.1) is 5.92 Å². The molecule has 2 aliphatic rings. The molecule has 158 valence electrons. The number of nitrogens with zero attached hydrogens (tertiary/aromatic N) is 3. The molecule has 6 nitrogen and oxygen atoms in total. The van der Waals surface area contributed by atoms with Crippen molar-refractivity contribution in [3.8, 4) is 0 Å². The van der Waals surface area contributed by atoms with E-state index in [-0.39, 0.29) is 24.0 Å². The molecule has 0 unspecified atom stereocenters. The summed E-state index contributed by atoms with van der Waals surface area (Å²) in [5.41, 5.74) is 2.62. The van der Waals surface area contributed by atoms with Gasteiger partial charge < -0.3 is 19.7 Å². The van der Waals surface area contributed by atoms with Crippen molar-refractivity contribution in [2.24, 2.45) is 10.9 Å². The maximum absolute atomic E-state index is 5.72. The Morgan fingerprint density at radius 1 is 1.21 bits per heavy atom. The Morgan fingerprint density at radius 2 is 1.89 bits per heavy atom. The van der Waals surface area contributed by atoms with Gasteiger partial charge in [0.1, 0.15) is 0 Å². The molecule has 0 atom stereocenters. The summed E-state index contributed by atoms with van der Waals surface area (Å²) in [6, 6.07) is 8.86. The van der Waals surface area contributed by atoms with Gasteiger partial charge >= 0.3 is 0 Å². The Labute approximate surface area is 186 Å². The number of halogens is 1. The van der Waals surface area contributed by atoms with Gasteiger partial charge in [-0.05, 0) is 29.9 Å². The van der Waals surface area contributed by atoms with Crippen LogP contribution in [0.3, 0.4) is 0 Å². The highest BCUT2D eigenvalue weighted by molar-refractivity contribution is 14.0. The van der Waals surface area contributed by atoms with E-state index < -0.39 is 0 Å². The van der Waals surface area contributed by atoms with Crippen molar-refractivity contribution in [2.75, 3.05) is 60.2 Å². The van der Waals surface area contributed by atoms with E-state index in [1.807, 2.05) is 7.05 Å². The van der Waals surface area contributed by atoms with Crippen LogP contribution >= 0.6 is 24.0 Å². The number of guanidine groups is 1. The zero-order valence-corrected chi connectivity index (χ0v) is 19.6. The van der Waals surface area contributed by atoms with Crippen molar-refractivity contribution >= 4 is 29.9 Å². The fraction of sp³-hybridized carbons (Fsp3) is 0.667. The lowest BCUT2D eigenvalue weighted by Gasteiger charge is -2.26. The predicted octanol–water partition coefficient (Wildman–Crippen LogP) is 2.57. The van der Waals surface area contributed by atoms with Crippen LogP contribution in [0.15, 0.2) is 29.3 Å². The highest BCUT2D eigenvalue weighted by atomic mass is 127. The van der Waals surface area contributed by atoms with E-state index in [0.717, 1.165) is 71.0 Å². The molecule has 0 spiro atoms. The lowest BCUT2D eigenvalue weighted by atomic mass is 10.1. The van der Waals surface area contributed by atoms with Crippen LogP contribution in [0.4, 0.5) is 0 Å². The first kappa shape index (κ1) is 23.4. The first-order chi connectivity index (χ1) is 13.2. The molecule has 0 bridgehead atoms. The molecule has 1 aromatic rings. The van der Waals surface area contributed by atoms with E-state index in [1.165, 1.54) is 24.0 Å². The molecule has 0 aromatic heterocycles. The Bertz CT molecular complexity index is 587. The molecule has 1 heterocycles. The third-order valence-corrected chi connectivity index (χ3v) is 5.18. The predicted molar refractivity (Wildman–Crippen MR) is 124 cm³/mol. The van der Waals surface area contributed by atoms with Crippen LogP contribution in [-0.4, -0.2) is 75.9 Å². The molecule has 2 fully saturated rings. The first-order valence-electron chi connectivity index (χ1n) is 10.1. The maximum Gasteiger partial charge on any atom is 0.193 e. The Hall–Kier alpha value is -0.900. The first-order valence-corrected chi connectivity index (χ1v) is 10.1. The van der Waals surface area contributed by atoms with Crippen LogP contribution in [0.5, 0.6) is 0 Å². The van der Waals surface area contributed by atoms with Gasteiger partial charge in [0.05, 0.1) is 19.8 Å². The summed E-state index contributed by atoms with van der Waals surface area (Å²) in [4.78, 5) is 8.95. The van der Waals surface area contributed by atoms with Gasteiger partial charge in [0, 0.05) is 53.4 Å². The Balaban J connectivity index is 0.00000280. The molecule has 28 heavy (non-hydrogen) atoms. The molecule has 0 radical (unpaired) electrons. The molecular formula is C21H35IN4O2. The third kappa shape index (κ3) is 8.23. The maximum atomic E-state index is 5.72.